The molecule has 9 nitrogen and oxygen atoms in total. The van der Waals surface area contributed by atoms with Crippen LogP contribution < -0.4 is 5.32 Å². The number of nitrogens with zero attached hydrogens (tertiary/aromatic N) is 5. The van der Waals surface area contributed by atoms with Crippen LogP contribution in [0.3, 0.4) is 0 Å². The van der Waals surface area contributed by atoms with Crippen LogP contribution in [0.25, 0.3) is 0 Å². The molecule has 2 rings (SSSR count). The highest BCUT2D eigenvalue weighted by Crippen LogP contribution is 2.21. The molecule has 24 heavy (non-hydrogen) atoms. The fraction of sp³-hybridized carbons (Fsp3) is 0.500. The molecule has 0 unspecified atom stereocenters. The first-order valence-corrected chi connectivity index (χ1v) is 8.23. The minimum atomic E-state index is -0.433. The van der Waals surface area contributed by atoms with Crippen molar-refractivity contribution in [2.75, 3.05) is 6.54 Å². The van der Waals surface area contributed by atoms with Crippen LogP contribution >= 0.6 is 15.9 Å². The van der Waals surface area contributed by atoms with E-state index in [-0.39, 0.29) is 11.6 Å². The van der Waals surface area contributed by atoms with Crippen LogP contribution in [0.1, 0.15) is 23.5 Å². The number of carbonyl (C=O) groups excluding carboxylic acids is 1. The summed E-state index contributed by atoms with van der Waals surface area (Å²) < 4.78 is 4.21. The molecular formula is C14H19BrN6O3. The van der Waals surface area contributed by atoms with E-state index in [0.29, 0.717) is 37.4 Å². The average molecular weight is 399 g/mol. The lowest BCUT2D eigenvalue weighted by Crippen LogP contribution is -2.28. The standard InChI is InChI=1S/C14H19BrN6O3/c1-9-14(21(23)24)11(3)20(18-9)7-5-16-13(22)4-6-19-10(2)12(15)8-17-19/h8H,4-7H2,1-3H3,(H,16,22). The highest BCUT2D eigenvalue weighted by Gasteiger charge is 2.21. The highest BCUT2D eigenvalue weighted by molar-refractivity contribution is 9.10. The lowest BCUT2D eigenvalue weighted by molar-refractivity contribution is -0.386. The van der Waals surface area contributed by atoms with E-state index >= 15 is 0 Å². The van der Waals surface area contributed by atoms with Crippen LogP contribution in [0.2, 0.25) is 0 Å². The SMILES string of the molecule is Cc1nn(CCNC(=O)CCn2ncc(Br)c2C)c(C)c1[N+](=O)[O-]. The molecule has 0 saturated carbocycles. The molecule has 1 N–H and O–H groups in total. The molecule has 2 aromatic heterocycles. The summed E-state index contributed by atoms with van der Waals surface area (Å²) >= 11 is 3.37. The quantitative estimate of drug-likeness (QED) is 0.565. The molecular weight excluding hydrogens is 380 g/mol. The zero-order valence-corrected chi connectivity index (χ0v) is 15.3. The molecule has 0 bridgehead atoms. The Bertz CT molecular complexity index is 767. The summed E-state index contributed by atoms with van der Waals surface area (Å²) in [6, 6.07) is 0. The van der Waals surface area contributed by atoms with Gasteiger partial charge in [0, 0.05) is 25.2 Å². The number of aryl methyl sites for hydroxylation is 2. The van der Waals surface area contributed by atoms with Crippen LogP contribution in [0, 0.1) is 30.9 Å². The first-order valence-electron chi connectivity index (χ1n) is 7.44. The lowest BCUT2D eigenvalue weighted by atomic mass is 10.3. The van der Waals surface area contributed by atoms with Crippen molar-refractivity contribution >= 4 is 27.5 Å². The van der Waals surface area contributed by atoms with Gasteiger partial charge < -0.3 is 5.32 Å². The van der Waals surface area contributed by atoms with Crippen molar-refractivity contribution in [3.8, 4) is 0 Å². The number of nitro groups is 1. The van der Waals surface area contributed by atoms with Crippen molar-refractivity contribution in [1.82, 2.24) is 24.9 Å². The van der Waals surface area contributed by atoms with E-state index in [4.69, 9.17) is 0 Å². The van der Waals surface area contributed by atoms with Crippen molar-refractivity contribution in [2.45, 2.75) is 40.3 Å². The van der Waals surface area contributed by atoms with E-state index in [1.54, 1.807) is 29.4 Å². The molecule has 2 aromatic rings. The maximum absolute atomic E-state index is 11.9. The Morgan fingerprint density at radius 3 is 2.54 bits per heavy atom. The first kappa shape index (κ1) is 18.1. The summed E-state index contributed by atoms with van der Waals surface area (Å²) in [5.41, 5.74) is 1.87. The molecule has 1 amide bonds. The van der Waals surface area contributed by atoms with Gasteiger partial charge in [0.1, 0.15) is 11.4 Å². The Morgan fingerprint density at radius 1 is 1.29 bits per heavy atom. The summed E-state index contributed by atoms with van der Waals surface area (Å²) in [5.74, 6) is -0.1000. The van der Waals surface area contributed by atoms with Gasteiger partial charge in [-0.25, -0.2) is 0 Å². The number of carbonyl (C=O) groups is 1. The van der Waals surface area contributed by atoms with E-state index in [1.807, 2.05) is 6.92 Å². The van der Waals surface area contributed by atoms with Gasteiger partial charge in [0.15, 0.2) is 0 Å². The molecule has 0 aliphatic carbocycles. The second-order valence-electron chi connectivity index (χ2n) is 5.40. The molecule has 0 aromatic carbocycles. The molecule has 0 radical (unpaired) electrons. The normalized spacial score (nSPS) is 10.8. The second kappa shape index (κ2) is 7.56. The highest BCUT2D eigenvalue weighted by atomic mass is 79.9. The van der Waals surface area contributed by atoms with Crippen LogP contribution in [0.15, 0.2) is 10.7 Å². The molecule has 0 spiro atoms. The molecule has 0 aliphatic heterocycles. The van der Waals surface area contributed by atoms with Gasteiger partial charge >= 0.3 is 5.69 Å². The number of nitrogens with one attached hydrogen (secondary N) is 1. The summed E-state index contributed by atoms with van der Waals surface area (Å²) in [7, 11) is 0. The molecule has 10 heteroatoms. The molecule has 0 fully saturated rings. The van der Waals surface area contributed by atoms with E-state index < -0.39 is 4.92 Å². The van der Waals surface area contributed by atoms with E-state index in [2.05, 4.69) is 31.4 Å². The maximum Gasteiger partial charge on any atom is 0.312 e. The fourth-order valence-corrected chi connectivity index (χ4v) is 2.71. The van der Waals surface area contributed by atoms with Crippen molar-refractivity contribution in [2.24, 2.45) is 0 Å². The van der Waals surface area contributed by atoms with E-state index in [1.165, 1.54) is 0 Å². The zero-order chi connectivity index (χ0) is 17.9. The summed E-state index contributed by atoms with van der Waals surface area (Å²) in [6.07, 6.45) is 2.01. The van der Waals surface area contributed by atoms with Crippen molar-refractivity contribution < 1.29 is 9.72 Å². The number of hydrogen-bond acceptors (Lipinski definition) is 5. The Kier molecular flexibility index (Phi) is 5.71. The van der Waals surface area contributed by atoms with Gasteiger partial charge in [0.05, 0.1) is 22.1 Å². The van der Waals surface area contributed by atoms with Gasteiger partial charge in [0.25, 0.3) is 0 Å². The van der Waals surface area contributed by atoms with Crippen LogP contribution in [0.4, 0.5) is 5.69 Å². The summed E-state index contributed by atoms with van der Waals surface area (Å²) in [4.78, 5) is 22.4. The Balaban J connectivity index is 1.82. The molecule has 130 valence electrons. The van der Waals surface area contributed by atoms with E-state index in [0.717, 1.165) is 10.2 Å². The molecule has 0 saturated heterocycles. The van der Waals surface area contributed by atoms with Crippen molar-refractivity contribution in [3.63, 3.8) is 0 Å². The minimum Gasteiger partial charge on any atom is -0.354 e. The number of aromatic nitrogens is 4. The van der Waals surface area contributed by atoms with E-state index in [9.17, 15) is 14.9 Å². The number of rotatable bonds is 7. The minimum absolute atomic E-state index is 0.0288. The van der Waals surface area contributed by atoms with Gasteiger partial charge in [-0.05, 0) is 36.7 Å². The Morgan fingerprint density at radius 2 is 2.00 bits per heavy atom. The van der Waals surface area contributed by atoms with Crippen LogP contribution in [0.5, 0.6) is 0 Å². The molecule has 0 aliphatic rings. The van der Waals surface area contributed by atoms with Crippen molar-refractivity contribution in [3.05, 3.63) is 37.9 Å². The summed E-state index contributed by atoms with van der Waals surface area (Å²) in [6.45, 7) is 6.42. The van der Waals surface area contributed by atoms with Crippen LogP contribution in [-0.4, -0.2) is 36.9 Å². The van der Waals surface area contributed by atoms with Gasteiger partial charge in [-0.3, -0.25) is 24.3 Å². The zero-order valence-electron chi connectivity index (χ0n) is 13.7. The third-order valence-corrected chi connectivity index (χ3v) is 4.54. The molecule has 2 heterocycles. The average Bonchev–Trinajstić information content (AvgIpc) is 2.97. The first-order chi connectivity index (χ1) is 11.3. The second-order valence-corrected chi connectivity index (χ2v) is 6.26. The third kappa shape index (κ3) is 3.99. The summed E-state index contributed by atoms with van der Waals surface area (Å²) in [5, 5.41) is 22.1. The Hall–Kier alpha value is -2.23. The van der Waals surface area contributed by atoms with Gasteiger partial charge in [0.2, 0.25) is 5.91 Å². The van der Waals surface area contributed by atoms with Gasteiger partial charge in [-0.15, -0.1) is 0 Å². The number of hydrogen-bond donors (Lipinski definition) is 1. The van der Waals surface area contributed by atoms with Crippen molar-refractivity contribution in [1.29, 1.82) is 0 Å². The monoisotopic (exact) mass is 398 g/mol. The van der Waals surface area contributed by atoms with Gasteiger partial charge in [-0.2, -0.15) is 10.2 Å². The topological polar surface area (TPSA) is 108 Å². The lowest BCUT2D eigenvalue weighted by Gasteiger charge is -2.07. The Labute approximate surface area is 147 Å². The smallest absolute Gasteiger partial charge is 0.312 e. The largest absolute Gasteiger partial charge is 0.354 e. The van der Waals surface area contributed by atoms with Gasteiger partial charge in [-0.1, -0.05) is 0 Å². The fourth-order valence-electron chi connectivity index (χ4n) is 2.42. The number of amides is 1. The predicted molar refractivity (Wildman–Crippen MR) is 90.6 cm³/mol. The molecule has 0 atom stereocenters. The number of halogens is 1. The van der Waals surface area contributed by atoms with Crippen LogP contribution in [-0.2, 0) is 17.9 Å². The maximum atomic E-state index is 11.9. The third-order valence-electron chi connectivity index (χ3n) is 3.77. The predicted octanol–water partition coefficient (Wildman–Crippen LogP) is 1.88.